The molecular weight excluding hydrogens is 825 g/mol. The van der Waals surface area contributed by atoms with Gasteiger partial charge >= 0.3 is 0 Å². The lowest BCUT2D eigenvalue weighted by Gasteiger charge is -2.27. The third kappa shape index (κ3) is 6.69. The molecule has 3 aromatic heterocycles. The molecule has 0 aliphatic rings. The molecule has 0 fully saturated rings. The number of hydrogen-bond donors (Lipinski definition) is 0. The molecule has 65 heavy (non-hydrogen) atoms. The van der Waals surface area contributed by atoms with Crippen LogP contribution in [0.3, 0.4) is 0 Å². The molecule has 9 aromatic carbocycles. The van der Waals surface area contributed by atoms with Crippen molar-refractivity contribution in [2.24, 2.45) is 0 Å². The van der Waals surface area contributed by atoms with E-state index in [4.69, 9.17) is 0 Å². The van der Waals surface area contributed by atoms with Crippen LogP contribution < -0.4 is 4.90 Å². The Hall–Kier alpha value is -7.76. The van der Waals surface area contributed by atoms with Gasteiger partial charge in [-0.05, 0) is 120 Å². The first-order chi connectivity index (χ1) is 32.1. The van der Waals surface area contributed by atoms with E-state index in [9.17, 15) is 0 Å². The summed E-state index contributed by atoms with van der Waals surface area (Å²) in [6, 6.07) is 73.8. The van der Waals surface area contributed by atoms with Crippen molar-refractivity contribution in [1.82, 2.24) is 4.57 Å². The zero-order valence-electron chi connectivity index (χ0n) is 35.8. The SMILES string of the molecule is C=C/C(=C\C=C/C)c1ccc(N(c2ccc3sc4ccccc4c3c2)c2cc(-c3ccc4c(c3)c3ccccc3n4-c3ccc(-c4ccccc4)cc3)c3sc4ccccc4c3c2)cc1. The average molecular weight is 867 g/mol. The van der Waals surface area contributed by atoms with E-state index in [1.807, 2.05) is 41.7 Å². The van der Waals surface area contributed by atoms with Crippen molar-refractivity contribution >= 4 is 107 Å². The first-order valence-electron chi connectivity index (χ1n) is 22.1. The van der Waals surface area contributed by atoms with Gasteiger partial charge in [0.1, 0.15) is 0 Å². The zero-order valence-corrected chi connectivity index (χ0v) is 37.4. The van der Waals surface area contributed by atoms with E-state index in [-0.39, 0.29) is 0 Å². The van der Waals surface area contributed by atoms with Crippen LogP contribution in [0.2, 0.25) is 0 Å². The molecule has 0 unspecified atom stereocenters. The van der Waals surface area contributed by atoms with E-state index in [0.717, 1.165) is 33.9 Å². The topological polar surface area (TPSA) is 8.17 Å². The van der Waals surface area contributed by atoms with E-state index in [2.05, 4.69) is 228 Å². The Bertz CT molecular complexity index is 3840. The summed E-state index contributed by atoms with van der Waals surface area (Å²) in [4.78, 5) is 2.44. The molecular formula is C61H42N2S2. The molecule has 0 saturated carbocycles. The Labute approximate surface area is 386 Å². The van der Waals surface area contributed by atoms with Gasteiger partial charge in [-0.25, -0.2) is 0 Å². The standard InChI is InChI=1S/C61H42N2S2/c1-3-5-15-40(4-2)42-24-29-45(30-25-42)62(47-33-35-60-54(37-47)50-19-10-13-22-58(50)64-60)48-38-52(61-55(39-48)51-20-11-14-23-59(51)65-61)44-28-34-57-53(36-44)49-18-9-12-21-56(49)63(57)46-31-26-43(27-32-46)41-16-7-6-8-17-41/h3-39H,2H2,1H3/b5-3-,40-15+. The van der Waals surface area contributed by atoms with Crippen LogP contribution in [-0.4, -0.2) is 4.57 Å². The molecule has 2 nitrogen and oxygen atoms in total. The summed E-state index contributed by atoms with van der Waals surface area (Å²) in [5, 5.41) is 7.55. The van der Waals surface area contributed by atoms with Crippen molar-refractivity contribution in [3.63, 3.8) is 0 Å². The Morgan fingerprint density at radius 3 is 1.86 bits per heavy atom. The van der Waals surface area contributed by atoms with E-state index >= 15 is 0 Å². The van der Waals surface area contributed by atoms with Crippen molar-refractivity contribution in [1.29, 1.82) is 0 Å². The second kappa shape index (κ2) is 16.1. The highest BCUT2D eigenvalue weighted by Crippen LogP contribution is 2.48. The first-order valence-corrected chi connectivity index (χ1v) is 23.7. The molecule has 0 saturated heterocycles. The predicted molar refractivity (Wildman–Crippen MR) is 285 cm³/mol. The number of thiophene rings is 2. The molecule has 0 aliphatic heterocycles. The van der Waals surface area contributed by atoms with Crippen molar-refractivity contribution < 1.29 is 0 Å². The molecule has 0 N–H and O–H groups in total. The van der Waals surface area contributed by atoms with Crippen LogP contribution in [0.15, 0.2) is 231 Å². The quantitative estimate of drug-likeness (QED) is 0.131. The summed E-state index contributed by atoms with van der Waals surface area (Å²) in [6.07, 6.45) is 8.16. The first kappa shape index (κ1) is 38.9. The molecule has 308 valence electrons. The number of anilines is 3. The number of fused-ring (bicyclic) bond motifs is 9. The third-order valence-corrected chi connectivity index (χ3v) is 15.1. The minimum absolute atomic E-state index is 1.08. The average Bonchev–Trinajstić information content (AvgIpc) is 4.04. The predicted octanol–water partition coefficient (Wildman–Crippen LogP) is 18.5. The number of allylic oxidation sites excluding steroid dienone is 5. The Kier molecular flexibility index (Phi) is 9.63. The van der Waals surface area contributed by atoms with E-state index < -0.39 is 0 Å². The lowest BCUT2D eigenvalue weighted by molar-refractivity contribution is 1.18. The van der Waals surface area contributed by atoms with Crippen LogP contribution in [0.4, 0.5) is 17.1 Å². The maximum absolute atomic E-state index is 4.13. The van der Waals surface area contributed by atoms with E-state index in [1.165, 1.54) is 84.4 Å². The van der Waals surface area contributed by atoms with Gasteiger partial charge in [0.15, 0.2) is 0 Å². The minimum atomic E-state index is 1.08. The summed E-state index contributed by atoms with van der Waals surface area (Å²) >= 11 is 3.73. The Morgan fingerprint density at radius 1 is 0.477 bits per heavy atom. The molecule has 3 heterocycles. The fourth-order valence-corrected chi connectivity index (χ4v) is 11.9. The van der Waals surface area contributed by atoms with Gasteiger partial charge in [-0.2, -0.15) is 0 Å². The lowest BCUT2D eigenvalue weighted by Crippen LogP contribution is -2.10. The highest BCUT2D eigenvalue weighted by atomic mass is 32.1. The van der Waals surface area contributed by atoms with E-state index in [0.29, 0.717) is 0 Å². The van der Waals surface area contributed by atoms with Crippen LogP contribution >= 0.6 is 22.7 Å². The second-order valence-corrected chi connectivity index (χ2v) is 18.6. The van der Waals surface area contributed by atoms with Crippen LogP contribution in [-0.2, 0) is 0 Å². The van der Waals surface area contributed by atoms with Gasteiger partial charge < -0.3 is 9.47 Å². The summed E-state index contributed by atoms with van der Waals surface area (Å²) < 4.78 is 7.57. The van der Waals surface area contributed by atoms with Crippen LogP contribution in [0.25, 0.3) is 95.7 Å². The van der Waals surface area contributed by atoms with Gasteiger partial charge in [-0.3, -0.25) is 0 Å². The molecule has 0 spiro atoms. The van der Waals surface area contributed by atoms with Crippen molar-refractivity contribution in [3.8, 4) is 27.9 Å². The molecule has 0 bridgehead atoms. The number of para-hydroxylation sites is 1. The second-order valence-electron chi connectivity index (χ2n) is 16.5. The number of rotatable bonds is 9. The summed E-state index contributed by atoms with van der Waals surface area (Å²) in [5.41, 5.74) is 13.9. The van der Waals surface area contributed by atoms with Gasteiger partial charge in [0, 0.05) is 79.4 Å². The fourth-order valence-electron chi connectivity index (χ4n) is 9.59. The molecule has 0 atom stereocenters. The maximum Gasteiger partial charge on any atom is 0.0541 e. The summed E-state index contributed by atoms with van der Waals surface area (Å²) in [6.45, 7) is 6.17. The van der Waals surface area contributed by atoms with Gasteiger partial charge in [-0.1, -0.05) is 146 Å². The maximum atomic E-state index is 4.13. The van der Waals surface area contributed by atoms with E-state index in [1.54, 1.807) is 0 Å². The Morgan fingerprint density at radius 2 is 1.09 bits per heavy atom. The fraction of sp³-hybridized carbons (Fsp3) is 0.0164. The van der Waals surface area contributed by atoms with Crippen molar-refractivity contribution in [2.75, 3.05) is 4.90 Å². The van der Waals surface area contributed by atoms with Crippen molar-refractivity contribution in [2.45, 2.75) is 6.92 Å². The molecule has 0 aliphatic carbocycles. The van der Waals surface area contributed by atoms with Gasteiger partial charge in [-0.15, -0.1) is 22.7 Å². The molecule has 4 heteroatoms. The van der Waals surface area contributed by atoms with Gasteiger partial charge in [0.2, 0.25) is 0 Å². The highest BCUT2D eigenvalue weighted by molar-refractivity contribution is 7.26. The largest absolute Gasteiger partial charge is 0.310 e. The smallest absolute Gasteiger partial charge is 0.0541 e. The summed E-state index contributed by atoms with van der Waals surface area (Å²) in [5.74, 6) is 0. The van der Waals surface area contributed by atoms with Crippen LogP contribution in [0, 0.1) is 0 Å². The van der Waals surface area contributed by atoms with Gasteiger partial charge in [0.25, 0.3) is 0 Å². The monoisotopic (exact) mass is 866 g/mol. The third-order valence-electron chi connectivity index (χ3n) is 12.7. The molecule has 12 aromatic rings. The lowest BCUT2D eigenvalue weighted by atomic mass is 9.98. The summed E-state index contributed by atoms with van der Waals surface area (Å²) in [7, 11) is 0. The highest BCUT2D eigenvalue weighted by Gasteiger charge is 2.21. The number of hydrogen-bond acceptors (Lipinski definition) is 3. The number of benzene rings is 9. The minimum Gasteiger partial charge on any atom is -0.310 e. The zero-order chi connectivity index (χ0) is 43.4. The van der Waals surface area contributed by atoms with Gasteiger partial charge in [0.05, 0.1) is 11.0 Å². The number of aromatic nitrogens is 1. The molecule has 0 radical (unpaired) electrons. The molecule has 0 amide bonds. The Balaban J connectivity index is 1.07. The van der Waals surface area contributed by atoms with Crippen molar-refractivity contribution in [3.05, 3.63) is 237 Å². The molecule has 12 rings (SSSR count). The van der Waals surface area contributed by atoms with Crippen LogP contribution in [0.1, 0.15) is 12.5 Å². The van der Waals surface area contributed by atoms with Crippen LogP contribution in [0.5, 0.6) is 0 Å². The normalized spacial score (nSPS) is 12.2. The number of nitrogens with zero attached hydrogens (tertiary/aromatic N) is 2.